The van der Waals surface area contributed by atoms with E-state index < -0.39 is 5.97 Å². The van der Waals surface area contributed by atoms with Crippen LogP contribution in [0.25, 0.3) is 0 Å². The van der Waals surface area contributed by atoms with Gasteiger partial charge in [0.25, 0.3) is 6.01 Å². The molecule has 20 heavy (non-hydrogen) atoms. The van der Waals surface area contributed by atoms with Gasteiger partial charge in [0.15, 0.2) is 5.69 Å². The number of ether oxygens (including phenoxy) is 2. The van der Waals surface area contributed by atoms with E-state index >= 15 is 0 Å². The number of carbonyl (C=O) groups excluding carboxylic acids is 2. The lowest BCUT2D eigenvalue weighted by Crippen LogP contribution is -2.24. The highest BCUT2D eigenvalue weighted by molar-refractivity contribution is 5.87. The molecule has 0 N–H and O–H groups in total. The molecular weight excluding hydrogens is 264 g/mol. The van der Waals surface area contributed by atoms with Crippen molar-refractivity contribution in [3.05, 3.63) is 12.0 Å². The summed E-state index contributed by atoms with van der Waals surface area (Å²) in [5, 5.41) is 0. The minimum Gasteiger partial charge on any atom is -0.469 e. The number of anilines is 1. The largest absolute Gasteiger partial charge is 0.469 e. The van der Waals surface area contributed by atoms with Crippen molar-refractivity contribution >= 4 is 18.0 Å². The molecule has 1 fully saturated rings. The first-order chi connectivity index (χ1) is 9.56. The van der Waals surface area contributed by atoms with Gasteiger partial charge in [-0.3, -0.25) is 4.79 Å². The molecule has 0 radical (unpaired) electrons. The first kappa shape index (κ1) is 14.4. The van der Waals surface area contributed by atoms with E-state index in [-0.39, 0.29) is 30.1 Å². The van der Waals surface area contributed by atoms with Gasteiger partial charge in [0, 0.05) is 13.1 Å². The molecule has 0 aliphatic carbocycles. The van der Waals surface area contributed by atoms with Crippen LogP contribution in [-0.2, 0) is 14.3 Å². The summed E-state index contributed by atoms with van der Waals surface area (Å²) in [5.74, 6) is -0.824. The maximum absolute atomic E-state index is 11.6. The molecule has 1 aromatic rings. The molecule has 1 aliphatic rings. The Morgan fingerprint density at radius 3 is 2.90 bits per heavy atom. The molecule has 0 bridgehead atoms. The Hall–Kier alpha value is -2.05. The fourth-order valence-electron chi connectivity index (χ4n) is 2.29. The van der Waals surface area contributed by atoms with Gasteiger partial charge in [0.1, 0.15) is 6.26 Å². The Bertz CT molecular complexity index is 499. The molecule has 1 saturated heterocycles. The van der Waals surface area contributed by atoms with Crippen molar-refractivity contribution in [1.29, 1.82) is 0 Å². The van der Waals surface area contributed by atoms with E-state index in [1.54, 1.807) is 6.92 Å². The molecular formula is C13H18N2O5. The van der Waals surface area contributed by atoms with Crippen molar-refractivity contribution in [3.8, 4) is 0 Å². The van der Waals surface area contributed by atoms with Gasteiger partial charge in [-0.25, -0.2) is 4.79 Å². The van der Waals surface area contributed by atoms with Crippen molar-refractivity contribution < 1.29 is 23.5 Å². The molecule has 1 aliphatic heterocycles. The summed E-state index contributed by atoms with van der Waals surface area (Å²) >= 11 is 0. The summed E-state index contributed by atoms with van der Waals surface area (Å²) in [7, 11) is 1.38. The number of esters is 2. The highest BCUT2D eigenvalue weighted by Gasteiger charge is 2.37. The standard InChI is InChI=1S/C13H18N2O5/c1-4-19-12(17)10-7-20-13(14-10)15-5-8(2)9(6-15)11(16)18-3/h7-9H,4-6H2,1-3H3. The predicted molar refractivity (Wildman–Crippen MR) is 69.3 cm³/mol. The lowest BCUT2D eigenvalue weighted by Gasteiger charge is -2.12. The van der Waals surface area contributed by atoms with Crippen molar-refractivity contribution in [1.82, 2.24) is 4.98 Å². The van der Waals surface area contributed by atoms with Crippen molar-refractivity contribution in [3.63, 3.8) is 0 Å². The Labute approximate surface area is 116 Å². The highest BCUT2D eigenvalue weighted by atomic mass is 16.5. The summed E-state index contributed by atoms with van der Waals surface area (Å²) in [6.45, 7) is 5.07. The van der Waals surface area contributed by atoms with Gasteiger partial charge in [-0.05, 0) is 12.8 Å². The minimum absolute atomic E-state index is 0.135. The van der Waals surface area contributed by atoms with Gasteiger partial charge in [-0.1, -0.05) is 6.92 Å². The highest BCUT2D eigenvalue weighted by Crippen LogP contribution is 2.28. The first-order valence-electron chi connectivity index (χ1n) is 6.52. The van der Waals surface area contributed by atoms with E-state index in [1.165, 1.54) is 13.4 Å². The number of methoxy groups -OCH3 is 1. The lowest BCUT2D eigenvalue weighted by atomic mass is 9.99. The van der Waals surface area contributed by atoms with Crippen LogP contribution in [0.4, 0.5) is 6.01 Å². The third kappa shape index (κ3) is 2.76. The van der Waals surface area contributed by atoms with Crippen LogP contribution in [0.15, 0.2) is 10.7 Å². The van der Waals surface area contributed by atoms with Crippen LogP contribution in [0, 0.1) is 11.8 Å². The summed E-state index contributed by atoms with van der Waals surface area (Å²) in [6, 6.07) is 0.325. The SMILES string of the molecule is CCOC(=O)c1coc(N2CC(C)C(C(=O)OC)C2)n1. The summed E-state index contributed by atoms with van der Waals surface area (Å²) in [6.07, 6.45) is 1.27. The number of carbonyl (C=O) groups is 2. The van der Waals surface area contributed by atoms with Gasteiger partial charge in [-0.15, -0.1) is 0 Å². The second kappa shape index (κ2) is 5.94. The van der Waals surface area contributed by atoms with E-state index in [0.29, 0.717) is 19.1 Å². The molecule has 2 unspecified atom stereocenters. The Morgan fingerprint density at radius 2 is 2.25 bits per heavy atom. The average Bonchev–Trinajstić information content (AvgIpc) is 3.04. The fourth-order valence-corrected chi connectivity index (χ4v) is 2.29. The van der Waals surface area contributed by atoms with Gasteiger partial charge >= 0.3 is 11.9 Å². The molecule has 2 atom stereocenters. The van der Waals surface area contributed by atoms with Crippen molar-refractivity contribution in [2.45, 2.75) is 13.8 Å². The van der Waals surface area contributed by atoms with E-state index in [1.807, 2.05) is 11.8 Å². The summed E-state index contributed by atoms with van der Waals surface area (Å²) in [4.78, 5) is 29.1. The zero-order valence-electron chi connectivity index (χ0n) is 11.8. The molecule has 7 heteroatoms. The second-order valence-electron chi connectivity index (χ2n) is 4.75. The minimum atomic E-state index is -0.515. The second-order valence-corrected chi connectivity index (χ2v) is 4.75. The molecule has 0 saturated carbocycles. The van der Waals surface area contributed by atoms with Crippen LogP contribution in [0.2, 0.25) is 0 Å². The zero-order valence-corrected chi connectivity index (χ0v) is 11.8. The number of hydrogen-bond donors (Lipinski definition) is 0. The normalized spacial score (nSPS) is 21.9. The van der Waals surface area contributed by atoms with E-state index in [9.17, 15) is 9.59 Å². The molecule has 0 amide bonds. The molecule has 7 nitrogen and oxygen atoms in total. The summed E-state index contributed by atoms with van der Waals surface area (Å²) < 4.78 is 14.9. The zero-order chi connectivity index (χ0) is 14.7. The Morgan fingerprint density at radius 1 is 1.50 bits per heavy atom. The van der Waals surface area contributed by atoms with Crippen LogP contribution in [0.5, 0.6) is 0 Å². The van der Waals surface area contributed by atoms with Crippen LogP contribution < -0.4 is 4.90 Å². The van der Waals surface area contributed by atoms with Crippen LogP contribution in [0.1, 0.15) is 24.3 Å². The van der Waals surface area contributed by atoms with Crippen molar-refractivity contribution in [2.24, 2.45) is 11.8 Å². The monoisotopic (exact) mass is 282 g/mol. The number of oxazole rings is 1. The Kier molecular flexibility index (Phi) is 4.26. The third-order valence-corrected chi connectivity index (χ3v) is 3.36. The third-order valence-electron chi connectivity index (χ3n) is 3.36. The van der Waals surface area contributed by atoms with E-state index in [4.69, 9.17) is 13.9 Å². The van der Waals surface area contributed by atoms with E-state index in [0.717, 1.165) is 0 Å². The van der Waals surface area contributed by atoms with Crippen molar-refractivity contribution in [2.75, 3.05) is 31.7 Å². The van der Waals surface area contributed by atoms with Gasteiger partial charge < -0.3 is 18.8 Å². The molecule has 2 heterocycles. The predicted octanol–water partition coefficient (Wildman–Crippen LogP) is 1.10. The topological polar surface area (TPSA) is 81.9 Å². The number of rotatable bonds is 4. The molecule has 0 spiro atoms. The van der Waals surface area contributed by atoms with Gasteiger partial charge in [-0.2, -0.15) is 4.98 Å². The Balaban J connectivity index is 2.06. The summed E-state index contributed by atoms with van der Waals surface area (Å²) in [5.41, 5.74) is 0.135. The number of nitrogens with zero attached hydrogens (tertiary/aromatic N) is 2. The quantitative estimate of drug-likeness (QED) is 0.765. The smallest absolute Gasteiger partial charge is 0.360 e. The maximum atomic E-state index is 11.6. The molecule has 2 rings (SSSR count). The van der Waals surface area contributed by atoms with Crippen LogP contribution in [0.3, 0.4) is 0 Å². The molecule has 1 aromatic heterocycles. The molecule has 0 aromatic carbocycles. The fraction of sp³-hybridized carbons (Fsp3) is 0.615. The van der Waals surface area contributed by atoms with Crippen LogP contribution >= 0.6 is 0 Å². The van der Waals surface area contributed by atoms with E-state index in [2.05, 4.69) is 4.98 Å². The number of aromatic nitrogens is 1. The average molecular weight is 282 g/mol. The lowest BCUT2D eigenvalue weighted by molar-refractivity contribution is -0.145. The molecule has 110 valence electrons. The number of hydrogen-bond acceptors (Lipinski definition) is 7. The maximum Gasteiger partial charge on any atom is 0.360 e. The first-order valence-corrected chi connectivity index (χ1v) is 6.52. The van der Waals surface area contributed by atoms with Gasteiger partial charge in [0.2, 0.25) is 0 Å². The van der Waals surface area contributed by atoms with Crippen LogP contribution in [-0.4, -0.2) is 43.7 Å². The van der Waals surface area contributed by atoms with Gasteiger partial charge in [0.05, 0.1) is 19.6 Å².